The Balaban J connectivity index is 1.99. The van der Waals surface area contributed by atoms with E-state index >= 15 is 0 Å². The molecule has 0 bridgehead atoms. The number of carbonyl (C=O) groups is 1. The molecule has 0 saturated heterocycles. The van der Waals surface area contributed by atoms with Gasteiger partial charge in [-0.15, -0.1) is 11.3 Å². The molecule has 0 aliphatic rings. The monoisotopic (exact) mass is 330 g/mol. The number of anilines is 1. The second kappa shape index (κ2) is 7.28. The molecule has 2 rings (SSSR count). The maximum atomic E-state index is 12.3. The summed E-state index contributed by atoms with van der Waals surface area (Å²) in [4.78, 5) is 13.5. The summed E-state index contributed by atoms with van der Waals surface area (Å²) in [5.41, 5.74) is 3.21. The van der Waals surface area contributed by atoms with Gasteiger partial charge >= 0.3 is 0 Å². The van der Waals surface area contributed by atoms with Gasteiger partial charge in [0.25, 0.3) is 0 Å². The van der Waals surface area contributed by atoms with E-state index in [1.54, 1.807) is 11.3 Å². The Bertz CT molecular complexity index is 657. The van der Waals surface area contributed by atoms with Crippen LogP contribution in [0.5, 0.6) is 0 Å². The Kier molecular flexibility index (Phi) is 5.60. The number of hydrogen-bond acceptors (Lipinski definition) is 3. The maximum absolute atomic E-state index is 12.3. The normalized spacial score (nSPS) is 12.9. The van der Waals surface area contributed by atoms with Crippen LogP contribution in [-0.2, 0) is 4.79 Å². The van der Waals surface area contributed by atoms with Crippen molar-refractivity contribution in [3.63, 3.8) is 0 Å². The first-order valence-corrected chi connectivity index (χ1v) is 8.79. The highest BCUT2D eigenvalue weighted by molar-refractivity contribution is 7.10. The van der Waals surface area contributed by atoms with Crippen LogP contribution in [0.4, 0.5) is 5.69 Å². The van der Waals surface area contributed by atoms with Crippen molar-refractivity contribution in [2.45, 2.75) is 40.7 Å². The van der Waals surface area contributed by atoms with E-state index in [0.717, 1.165) is 11.3 Å². The molecule has 1 unspecified atom stereocenters. The third-order valence-electron chi connectivity index (χ3n) is 3.82. The van der Waals surface area contributed by atoms with E-state index in [9.17, 15) is 4.79 Å². The molecule has 1 amide bonds. The number of carbonyl (C=O) groups excluding carboxylic acids is 1. The molecule has 0 aliphatic carbocycles. The highest BCUT2D eigenvalue weighted by Crippen LogP contribution is 2.34. The lowest BCUT2D eigenvalue weighted by Gasteiger charge is -2.30. The molecule has 124 valence electrons. The molecule has 2 aromatic rings. The first-order chi connectivity index (χ1) is 10.8. The molecule has 2 N–H and O–H groups in total. The van der Waals surface area contributed by atoms with Gasteiger partial charge in [0.15, 0.2) is 0 Å². The minimum Gasteiger partial charge on any atom is -0.325 e. The predicted octanol–water partition coefficient (Wildman–Crippen LogP) is 4.68. The zero-order valence-corrected chi connectivity index (χ0v) is 15.4. The second-order valence-electron chi connectivity index (χ2n) is 7.06. The zero-order chi connectivity index (χ0) is 17.0. The average molecular weight is 330 g/mol. The molecule has 0 spiro atoms. The standard InChI is InChI=1S/C19H26N2OS/c1-13-8-9-15(14(2)11-13)21-17(22)12-20-18(19(3,4)5)16-7-6-10-23-16/h6-11,18,20H,12H2,1-5H3,(H,21,22). The molecule has 3 nitrogen and oxygen atoms in total. The van der Waals surface area contributed by atoms with Crippen LogP contribution in [0.2, 0.25) is 0 Å². The summed E-state index contributed by atoms with van der Waals surface area (Å²) in [5.74, 6) is -0.0113. The minimum absolute atomic E-state index is 0.0113. The molecule has 1 atom stereocenters. The van der Waals surface area contributed by atoms with Crippen molar-refractivity contribution in [3.8, 4) is 0 Å². The number of aryl methyl sites for hydroxylation is 2. The predicted molar refractivity (Wildman–Crippen MR) is 99.1 cm³/mol. The van der Waals surface area contributed by atoms with E-state index in [1.807, 2.05) is 19.1 Å². The second-order valence-corrected chi connectivity index (χ2v) is 8.04. The fourth-order valence-electron chi connectivity index (χ4n) is 2.63. The molecule has 0 fully saturated rings. The van der Waals surface area contributed by atoms with Crippen molar-refractivity contribution in [1.82, 2.24) is 5.32 Å². The Labute approximate surface area is 143 Å². The van der Waals surface area contributed by atoms with Crippen LogP contribution in [-0.4, -0.2) is 12.5 Å². The van der Waals surface area contributed by atoms with Crippen LogP contribution in [0.3, 0.4) is 0 Å². The van der Waals surface area contributed by atoms with Gasteiger partial charge in [-0.3, -0.25) is 4.79 Å². The average Bonchev–Trinajstić information content (AvgIpc) is 2.94. The maximum Gasteiger partial charge on any atom is 0.238 e. The molecule has 23 heavy (non-hydrogen) atoms. The highest BCUT2D eigenvalue weighted by atomic mass is 32.1. The first kappa shape index (κ1) is 17.7. The number of hydrogen-bond donors (Lipinski definition) is 2. The number of rotatable bonds is 5. The quantitative estimate of drug-likeness (QED) is 0.835. The van der Waals surface area contributed by atoms with E-state index in [1.165, 1.54) is 10.4 Å². The van der Waals surface area contributed by atoms with Gasteiger partial charge < -0.3 is 10.6 Å². The van der Waals surface area contributed by atoms with E-state index in [4.69, 9.17) is 0 Å². The van der Waals surface area contributed by atoms with Gasteiger partial charge in [-0.1, -0.05) is 44.5 Å². The van der Waals surface area contributed by atoms with Gasteiger partial charge in [0, 0.05) is 16.6 Å². The molecule has 4 heteroatoms. The number of nitrogens with one attached hydrogen (secondary N) is 2. The van der Waals surface area contributed by atoms with Crippen molar-refractivity contribution >= 4 is 22.9 Å². The fraction of sp³-hybridized carbons (Fsp3) is 0.421. The topological polar surface area (TPSA) is 41.1 Å². The van der Waals surface area contributed by atoms with Gasteiger partial charge in [0.1, 0.15) is 0 Å². The van der Waals surface area contributed by atoms with Crippen molar-refractivity contribution < 1.29 is 4.79 Å². The SMILES string of the molecule is Cc1ccc(NC(=O)CNC(c2cccs2)C(C)(C)C)c(C)c1. The summed E-state index contributed by atoms with van der Waals surface area (Å²) in [7, 11) is 0. The van der Waals surface area contributed by atoms with Gasteiger partial charge in [-0.2, -0.15) is 0 Å². The molecule has 0 saturated carbocycles. The van der Waals surface area contributed by atoms with E-state index in [0.29, 0.717) is 6.54 Å². The molecular weight excluding hydrogens is 304 g/mol. The lowest BCUT2D eigenvalue weighted by Crippen LogP contribution is -2.37. The molecule has 0 radical (unpaired) electrons. The van der Waals surface area contributed by atoms with Gasteiger partial charge in [0.05, 0.1) is 6.54 Å². The Morgan fingerprint density at radius 2 is 1.96 bits per heavy atom. The van der Waals surface area contributed by atoms with Crippen molar-refractivity contribution in [3.05, 3.63) is 51.7 Å². The minimum atomic E-state index is -0.0113. The third-order valence-corrected chi connectivity index (χ3v) is 4.75. The van der Waals surface area contributed by atoms with Crippen molar-refractivity contribution in [2.75, 3.05) is 11.9 Å². The van der Waals surface area contributed by atoms with Crippen LogP contribution >= 0.6 is 11.3 Å². The largest absolute Gasteiger partial charge is 0.325 e. The summed E-state index contributed by atoms with van der Waals surface area (Å²) >= 11 is 1.72. The lowest BCUT2D eigenvalue weighted by molar-refractivity contribution is -0.115. The van der Waals surface area contributed by atoms with Gasteiger partial charge in [-0.05, 0) is 42.3 Å². The van der Waals surface area contributed by atoms with Gasteiger partial charge in [0.2, 0.25) is 5.91 Å². The lowest BCUT2D eigenvalue weighted by atomic mass is 9.86. The molecule has 1 aromatic carbocycles. The summed E-state index contributed by atoms with van der Waals surface area (Å²) in [6, 6.07) is 10.4. The van der Waals surface area contributed by atoms with E-state index in [2.05, 4.69) is 61.9 Å². The summed E-state index contributed by atoms with van der Waals surface area (Å²) in [6.07, 6.45) is 0. The fourth-order valence-corrected chi connectivity index (χ4v) is 3.68. The van der Waals surface area contributed by atoms with Crippen LogP contribution in [0.15, 0.2) is 35.7 Å². The van der Waals surface area contributed by atoms with E-state index in [-0.39, 0.29) is 17.4 Å². The van der Waals surface area contributed by atoms with Crippen LogP contribution < -0.4 is 10.6 Å². The summed E-state index contributed by atoms with van der Waals surface area (Å²) in [5, 5.41) is 8.48. The molecule has 1 aromatic heterocycles. The first-order valence-electron chi connectivity index (χ1n) is 7.91. The smallest absolute Gasteiger partial charge is 0.238 e. The van der Waals surface area contributed by atoms with Crippen LogP contribution in [0.25, 0.3) is 0 Å². The van der Waals surface area contributed by atoms with Crippen molar-refractivity contribution in [2.24, 2.45) is 5.41 Å². The Hall–Kier alpha value is -1.65. The number of thiophene rings is 1. The number of amides is 1. The third kappa shape index (κ3) is 4.91. The summed E-state index contributed by atoms with van der Waals surface area (Å²) in [6.45, 7) is 10.9. The summed E-state index contributed by atoms with van der Waals surface area (Å²) < 4.78 is 0. The Morgan fingerprint density at radius 1 is 1.22 bits per heavy atom. The molecular formula is C19H26N2OS. The van der Waals surface area contributed by atoms with Gasteiger partial charge in [-0.25, -0.2) is 0 Å². The van der Waals surface area contributed by atoms with Crippen LogP contribution in [0.1, 0.15) is 42.8 Å². The van der Waals surface area contributed by atoms with Crippen LogP contribution in [0, 0.1) is 19.3 Å². The highest BCUT2D eigenvalue weighted by Gasteiger charge is 2.27. The van der Waals surface area contributed by atoms with E-state index < -0.39 is 0 Å². The molecule has 1 heterocycles. The number of benzene rings is 1. The zero-order valence-electron chi connectivity index (χ0n) is 14.6. The molecule has 0 aliphatic heterocycles. The Morgan fingerprint density at radius 3 is 2.52 bits per heavy atom. The van der Waals surface area contributed by atoms with Crippen molar-refractivity contribution in [1.29, 1.82) is 0 Å².